The van der Waals surface area contributed by atoms with Crippen molar-refractivity contribution in [2.24, 2.45) is 0 Å². The van der Waals surface area contributed by atoms with E-state index in [1.54, 1.807) is 24.3 Å². The first-order chi connectivity index (χ1) is 13.1. The van der Waals surface area contributed by atoms with E-state index in [9.17, 15) is 19.2 Å². The molecule has 0 saturated carbocycles. The maximum atomic E-state index is 12.5. The number of urea groups is 1. The van der Waals surface area contributed by atoms with Crippen LogP contribution in [0.25, 0.3) is 0 Å². The molecule has 136 valence electrons. The average molecular weight is 365 g/mol. The van der Waals surface area contributed by atoms with Gasteiger partial charge in [-0.25, -0.2) is 9.59 Å². The maximum absolute atomic E-state index is 12.5. The molecule has 8 heteroatoms. The lowest BCUT2D eigenvalue weighted by atomic mass is 10.1. The number of hydrogen-bond acceptors (Lipinski definition) is 5. The first-order valence-electron chi connectivity index (χ1n) is 8.42. The molecule has 8 nitrogen and oxygen atoms in total. The second-order valence-electron chi connectivity index (χ2n) is 6.12. The summed E-state index contributed by atoms with van der Waals surface area (Å²) >= 11 is 0. The van der Waals surface area contributed by atoms with Gasteiger partial charge in [0.2, 0.25) is 0 Å². The van der Waals surface area contributed by atoms with Crippen LogP contribution in [0.15, 0.2) is 48.5 Å². The average Bonchev–Trinajstić information content (AvgIpc) is 2.93. The normalized spacial score (nSPS) is 16.2. The van der Waals surface area contributed by atoms with E-state index in [1.165, 1.54) is 29.2 Å². The van der Waals surface area contributed by atoms with E-state index < -0.39 is 17.8 Å². The number of amides is 4. The largest absolute Gasteiger partial charge is 0.364 e. The van der Waals surface area contributed by atoms with E-state index in [1.807, 2.05) is 0 Å². The van der Waals surface area contributed by atoms with Crippen LogP contribution < -0.4 is 10.2 Å². The van der Waals surface area contributed by atoms with Crippen molar-refractivity contribution in [3.63, 3.8) is 0 Å². The highest BCUT2D eigenvalue weighted by Crippen LogP contribution is 2.24. The lowest BCUT2D eigenvalue weighted by molar-refractivity contribution is -0.0584. The highest BCUT2D eigenvalue weighted by atomic mass is 16.7. The monoisotopic (exact) mass is 365 g/mol. The smallest absolute Gasteiger partial charge is 0.338 e. The van der Waals surface area contributed by atoms with Crippen molar-refractivity contribution in [3.05, 3.63) is 65.2 Å². The summed E-state index contributed by atoms with van der Waals surface area (Å²) in [5, 5.41) is 3.20. The number of benzene rings is 2. The van der Waals surface area contributed by atoms with Crippen LogP contribution in [0.3, 0.4) is 0 Å². The van der Waals surface area contributed by atoms with Crippen molar-refractivity contribution < 1.29 is 24.0 Å². The van der Waals surface area contributed by atoms with Crippen LogP contribution in [0.4, 0.5) is 10.5 Å². The molecular weight excluding hydrogens is 350 g/mol. The van der Waals surface area contributed by atoms with Crippen molar-refractivity contribution in [2.45, 2.75) is 6.42 Å². The molecular formula is C19H15N3O5. The number of anilines is 1. The van der Waals surface area contributed by atoms with Gasteiger partial charge in [-0.3, -0.25) is 14.5 Å². The van der Waals surface area contributed by atoms with Gasteiger partial charge < -0.3 is 10.2 Å². The first-order valence-corrected chi connectivity index (χ1v) is 8.42. The summed E-state index contributed by atoms with van der Waals surface area (Å²) in [6.07, 6.45) is 0.787. The molecule has 0 radical (unpaired) electrons. The standard InChI is InChI=1S/C19H15N3O5/c23-16-14-7-1-2-8-15(14)17(24)22(16)27-18(25)12-5-3-6-13(11-12)21-10-4-9-20-19(21)26/h1-3,5-8,11H,4,9-10H2,(H,20,26). The Labute approximate surface area is 154 Å². The van der Waals surface area contributed by atoms with E-state index >= 15 is 0 Å². The molecule has 4 rings (SSSR count). The zero-order valence-electron chi connectivity index (χ0n) is 14.2. The number of rotatable bonds is 3. The third-order valence-electron chi connectivity index (χ3n) is 4.40. The lowest BCUT2D eigenvalue weighted by Gasteiger charge is -2.27. The Bertz CT molecular complexity index is 936. The van der Waals surface area contributed by atoms with Crippen molar-refractivity contribution in [1.29, 1.82) is 0 Å². The Balaban J connectivity index is 1.54. The molecule has 2 aliphatic heterocycles. The van der Waals surface area contributed by atoms with E-state index in [4.69, 9.17) is 4.84 Å². The van der Waals surface area contributed by atoms with Gasteiger partial charge in [0.15, 0.2) is 0 Å². The zero-order chi connectivity index (χ0) is 19.0. The molecule has 1 saturated heterocycles. The molecule has 0 bridgehead atoms. The number of hydrogen-bond donors (Lipinski definition) is 1. The molecule has 1 N–H and O–H groups in total. The Morgan fingerprint density at radius 3 is 2.33 bits per heavy atom. The predicted octanol–water partition coefficient (Wildman–Crippen LogP) is 1.97. The van der Waals surface area contributed by atoms with Crippen molar-refractivity contribution >= 4 is 29.5 Å². The quantitative estimate of drug-likeness (QED) is 0.839. The molecule has 27 heavy (non-hydrogen) atoms. The number of nitrogens with zero attached hydrogens (tertiary/aromatic N) is 2. The topological polar surface area (TPSA) is 96.0 Å². The number of carbonyl (C=O) groups excluding carboxylic acids is 4. The molecule has 2 aromatic carbocycles. The van der Waals surface area contributed by atoms with Crippen molar-refractivity contribution in [3.8, 4) is 0 Å². The van der Waals surface area contributed by atoms with Crippen LogP contribution in [-0.4, -0.2) is 42.0 Å². The minimum absolute atomic E-state index is 0.127. The zero-order valence-corrected chi connectivity index (χ0v) is 14.2. The van der Waals surface area contributed by atoms with Crippen LogP contribution in [-0.2, 0) is 4.84 Å². The van der Waals surface area contributed by atoms with Crippen LogP contribution >= 0.6 is 0 Å². The van der Waals surface area contributed by atoms with Crippen molar-refractivity contribution in [1.82, 2.24) is 10.4 Å². The molecule has 0 aliphatic carbocycles. The minimum atomic E-state index is -0.858. The highest BCUT2D eigenvalue weighted by molar-refractivity contribution is 6.21. The van der Waals surface area contributed by atoms with E-state index in [0.29, 0.717) is 23.8 Å². The second-order valence-corrected chi connectivity index (χ2v) is 6.12. The third-order valence-corrected chi connectivity index (χ3v) is 4.40. The van der Waals surface area contributed by atoms with Gasteiger partial charge in [-0.05, 0) is 36.8 Å². The Morgan fingerprint density at radius 1 is 0.963 bits per heavy atom. The van der Waals surface area contributed by atoms with Crippen LogP contribution in [0.2, 0.25) is 0 Å². The van der Waals surface area contributed by atoms with E-state index in [0.717, 1.165) is 6.42 Å². The number of fused-ring (bicyclic) bond motifs is 1. The van der Waals surface area contributed by atoms with Gasteiger partial charge in [-0.1, -0.05) is 23.3 Å². The van der Waals surface area contributed by atoms with Crippen LogP contribution in [0, 0.1) is 0 Å². The van der Waals surface area contributed by atoms with Gasteiger partial charge in [-0.2, -0.15) is 0 Å². The fourth-order valence-corrected chi connectivity index (χ4v) is 3.06. The van der Waals surface area contributed by atoms with E-state index in [-0.39, 0.29) is 22.7 Å². The van der Waals surface area contributed by atoms with Gasteiger partial charge >= 0.3 is 12.0 Å². The molecule has 0 aromatic heterocycles. The Kier molecular flexibility index (Phi) is 4.08. The van der Waals surface area contributed by atoms with Crippen LogP contribution in [0.5, 0.6) is 0 Å². The SMILES string of the molecule is O=C(ON1C(=O)c2ccccc2C1=O)c1cccc(N2CCCNC2=O)c1. The van der Waals surface area contributed by atoms with Gasteiger partial charge in [0.05, 0.1) is 16.7 Å². The molecule has 1 fully saturated rings. The fourth-order valence-electron chi connectivity index (χ4n) is 3.06. The molecule has 4 amide bonds. The number of nitrogens with one attached hydrogen (secondary N) is 1. The molecule has 2 aliphatic rings. The molecule has 0 unspecified atom stereocenters. The minimum Gasteiger partial charge on any atom is -0.338 e. The molecule has 2 aromatic rings. The summed E-state index contributed by atoms with van der Waals surface area (Å²) in [5.41, 5.74) is 1.04. The van der Waals surface area contributed by atoms with Gasteiger partial charge in [-0.15, -0.1) is 0 Å². The first kappa shape index (κ1) is 16.8. The Morgan fingerprint density at radius 2 is 1.67 bits per heavy atom. The summed E-state index contributed by atoms with van der Waals surface area (Å²) in [6.45, 7) is 1.14. The second kappa shape index (κ2) is 6.56. The number of hydroxylamine groups is 2. The molecule has 0 atom stereocenters. The number of carbonyl (C=O) groups is 4. The lowest BCUT2D eigenvalue weighted by Crippen LogP contribution is -2.46. The van der Waals surface area contributed by atoms with Gasteiger partial charge in [0, 0.05) is 18.8 Å². The van der Waals surface area contributed by atoms with Gasteiger partial charge in [0.1, 0.15) is 0 Å². The van der Waals surface area contributed by atoms with Crippen molar-refractivity contribution in [2.75, 3.05) is 18.0 Å². The number of imide groups is 1. The van der Waals surface area contributed by atoms with Crippen LogP contribution in [0.1, 0.15) is 37.5 Å². The molecule has 0 spiro atoms. The summed E-state index contributed by atoms with van der Waals surface area (Å²) < 4.78 is 0. The summed E-state index contributed by atoms with van der Waals surface area (Å²) in [4.78, 5) is 55.6. The summed E-state index contributed by atoms with van der Waals surface area (Å²) in [6, 6.07) is 12.3. The summed E-state index contributed by atoms with van der Waals surface area (Å²) in [5.74, 6) is -2.23. The third kappa shape index (κ3) is 2.91. The molecule has 2 heterocycles. The highest BCUT2D eigenvalue weighted by Gasteiger charge is 2.38. The predicted molar refractivity (Wildman–Crippen MR) is 94.2 cm³/mol. The summed E-state index contributed by atoms with van der Waals surface area (Å²) in [7, 11) is 0. The van der Waals surface area contributed by atoms with E-state index in [2.05, 4.69) is 5.32 Å². The Hall–Kier alpha value is -3.68. The fraction of sp³-hybridized carbons (Fsp3) is 0.158. The van der Waals surface area contributed by atoms with Gasteiger partial charge in [0.25, 0.3) is 11.8 Å². The maximum Gasteiger partial charge on any atom is 0.364 e.